The maximum atomic E-state index is 14.1. The minimum absolute atomic E-state index is 0.0394. The highest BCUT2D eigenvalue weighted by Gasteiger charge is 2.33. The molecule has 7 heteroatoms. The van der Waals surface area contributed by atoms with Crippen molar-refractivity contribution in [3.8, 4) is 11.1 Å². The average molecular weight is 507 g/mol. The van der Waals surface area contributed by atoms with E-state index in [0.717, 1.165) is 39.3 Å². The van der Waals surface area contributed by atoms with E-state index in [-0.39, 0.29) is 5.91 Å². The Morgan fingerprint density at radius 3 is 2.53 bits per heavy atom. The monoisotopic (exact) mass is 506 g/mol. The number of hydrogen-bond acceptors (Lipinski definition) is 6. The summed E-state index contributed by atoms with van der Waals surface area (Å²) < 4.78 is 5.11. The zero-order valence-corrected chi connectivity index (χ0v) is 21.6. The molecule has 5 rings (SSSR count). The molecular weight excluding hydrogens is 476 g/mol. The Morgan fingerprint density at radius 2 is 1.79 bits per heavy atom. The van der Waals surface area contributed by atoms with Crippen molar-refractivity contribution in [3.05, 3.63) is 113 Å². The molecule has 0 aliphatic carbocycles. The second kappa shape index (κ2) is 11.4. The molecule has 192 valence electrons. The largest absolute Gasteiger partial charge is 0.465 e. The Kier molecular flexibility index (Phi) is 7.56. The van der Waals surface area contributed by atoms with Crippen molar-refractivity contribution in [2.75, 3.05) is 18.6 Å². The quantitative estimate of drug-likeness (QED) is 0.354. The van der Waals surface area contributed by atoms with Crippen molar-refractivity contribution in [1.82, 2.24) is 15.3 Å². The Labute approximate surface area is 222 Å². The molecule has 3 heterocycles. The molecule has 1 atom stereocenters. The summed E-state index contributed by atoms with van der Waals surface area (Å²) in [6.45, 7) is 2.89. The molecule has 1 aliphatic rings. The third-order valence-electron chi connectivity index (χ3n) is 6.84. The zero-order chi connectivity index (χ0) is 26.5. The Morgan fingerprint density at radius 1 is 0.974 bits per heavy atom. The lowest BCUT2D eigenvalue weighted by Crippen LogP contribution is -2.47. The Hall–Kier alpha value is -4.36. The number of methoxy groups -OCH3 is 1. The van der Waals surface area contributed by atoms with E-state index >= 15 is 0 Å². The fourth-order valence-corrected chi connectivity index (χ4v) is 4.93. The standard InChI is InChI=1S/C31H30N4O3/c1-21-16-23(11-14-32-21)24-18-27(31(37)38-2)26-12-15-35(29(26)19-24)30(36)28(17-22-8-4-3-5-9-22)34-20-25-10-6-7-13-33-25/h3-11,13-14,16,18-19,28,34H,12,15,17,20H2,1-2H3/t28-/m0/s1. The first kappa shape index (κ1) is 25.3. The van der Waals surface area contributed by atoms with E-state index in [1.54, 1.807) is 17.3 Å². The molecule has 2 aromatic heterocycles. The maximum Gasteiger partial charge on any atom is 0.338 e. The van der Waals surface area contributed by atoms with Crippen LogP contribution in [-0.4, -0.2) is 41.5 Å². The number of esters is 1. The first-order valence-electron chi connectivity index (χ1n) is 12.7. The van der Waals surface area contributed by atoms with Crippen molar-refractivity contribution in [3.63, 3.8) is 0 Å². The van der Waals surface area contributed by atoms with Gasteiger partial charge in [-0.1, -0.05) is 36.4 Å². The van der Waals surface area contributed by atoms with E-state index in [4.69, 9.17) is 4.74 Å². The van der Waals surface area contributed by atoms with E-state index in [1.165, 1.54) is 7.11 Å². The SMILES string of the molecule is COC(=O)c1cc(-c2ccnc(C)c2)cc2c1CCN2C(=O)[C@H](Cc1ccccc1)NCc1ccccn1. The molecule has 0 bridgehead atoms. The average Bonchev–Trinajstić information content (AvgIpc) is 3.39. The van der Waals surface area contributed by atoms with Crippen LogP contribution in [-0.2, 0) is 28.9 Å². The number of hydrogen-bond donors (Lipinski definition) is 1. The van der Waals surface area contributed by atoms with Crippen molar-refractivity contribution < 1.29 is 14.3 Å². The number of ether oxygens (including phenoxy) is 1. The molecule has 0 radical (unpaired) electrons. The zero-order valence-electron chi connectivity index (χ0n) is 21.6. The minimum atomic E-state index is -0.473. The molecule has 1 aliphatic heterocycles. The van der Waals surface area contributed by atoms with Crippen LogP contribution < -0.4 is 10.2 Å². The molecule has 0 saturated heterocycles. The normalized spacial score (nSPS) is 13.2. The third kappa shape index (κ3) is 5.48. The number of aryl methyl sites for hydroxylation is 1. The topological polar surface area (TPSA) is 84.4 Å². The molecule has 0 spiro atoms. The first-order valence-corrected chi connectivity index (χ1v) is 12.7. The molecule has 4 aromatic rings. The van der Waals surface area contributed by atoms with Gasteiger partial charge in [-0.2, -0.15) is 0 Å². The summed E-state index contributed by atoms with van der Waals surface area (Å²) in [5, 5.41) is 3.44. The van der Waals surface area contributed by atoms with Crippen LogP contribution in [0.3, 0.4) is 0 Å². The van der Waals surface area contributed by atoms with Gasteiger partial charge in [-0.25, -0.2) is 4.79 Å². The van der Waals surface area contributed by atoms with Gasteiger partial charge >= 0.3 is 5.97 Å². The first-order chi connectivity index (χ1) is 18.5. The van der Waals surface area contributed by atoms with E-state index in [2.05, 4.69) is 15.3 Å². The highest BCUT2D eigenvalue weighted by atomic mass is 16.5. The van der Waals surface area contributed by atoms with Crippen LogP contribution in [0.1, 0.15) is 32.9 Å². The van der Waals surface area contributed by atoms with Gasteiger partial charge in [0, 0.05) is 36.9 Å². The fraction of sp³-hybridized carbons (Fsp3) is 0.226. The van der Waals surface area contributed by atoms with E-state index in [0.29, 0.717) is 31.5 Å². The van der Waals surface area contributed by atoms with E-state index in [9.17, 15) is 9.59 Å². The smallest absolute Gasteiger partial charge is 0.338 e. The molecule has 0 saturated carbocycles. The summed E-state index contributed by atoms with van der Waals surface area (Å²) in [4.78, 5) is 37.4. The molecule has 1 amide bonds. The lowest BCUT2D eigenvalue weighted by molar-refractivity contribution is -0.120. The molecular formula is C31H30N4O3. The number of benzene rings is 2. The third-order valence-corrected chi connectivity index (χ3v) is 6.84. The van der Waals surface area contributed by atoms with Gasteiger partial charge in [0.2, 0.25) is 5.91 Å². The van der Waals surface area contributed by atoms with Gasteiger partial charge in [-0.15, -0.1) is 0 Å². The number of nitrogens with zero attached hydrogens (tertiary/aromatic N) is 3. The maximum absolute atomic E-state index is 14.1. The highest BCUT2D eigenvalue weighted by molar-refractivity contribution is 6.03. The summed E-state index contributed by atoms with van der Waals surface area (Å²) in [5.74, 6) is -0.445. The van der Waals surface area contributed by atoms with Gasteiger partial charge in [0.15, 0.2) is 0 Å². The van der Waals surface area contributed by atoms with Gasteiger partial charge in [-0.3, -0.25) is 20.1 Å². The molecule has 2 aromatic carbocycles. The van der Waals surface area contributed by atoms with Crippen molar-refractivity contribution in [2.24, 2.45) is 0 Å². The van der Waals surface area contributed by atoms with Crippen LogP contribution in [0.4, 0.5) is 5.69 Å². The summed E-state index contributed by atoms with van der Waals surface area (Å²) in [5.41, 5.74) is 6.65. The predicted molar refractivity (Wildman–Crippen MR) is 147 cm³/mol. The number of fused-ring (bicyclic) bond motifs is 1. The van der Waals surface area contributed by atoms with Crippen molar-refractivity contribution in [2.45, 2.75) is 32.4 Å². The van der Waals surface area contributed by atoms with Gasteiger partial charge in [0.1, 0.15) is 0 Å². The second-order valence-electron chi connectivity index (χ2n) is 9.38. The van der Waals surface area contributed by atoms with Gasteiger partial charge in [0.25, 0.3) is 0 Å². The minimum Gasteiger partial charge on any atom is -0.465 e. The van der Waals surface area contributed by atoms with Crippen molar-refractivity contribution >= 4 is 17.6 Å². The number of carbonyl (C=O) groups is 2. The summed E-state index contributed by atoms with van der Waals surface area (Å²) in [7, 11) is 1.38. The summed E-state index contributed by atoms with van der Waals surface area (Å²) >= 11 is 0. The fourth-order valence-electron chi connectivity index (χ4n) is 4.93. The number of nitrogens with one attached hydrogen (secondary N) is 1. The van der Waals surface area contributed by atoms with Gasteiger partial charge in [0.05, 0.1) is 24.4 Å². The number of rotatable bonds is 8. The van der Waals surface area contributed by atoms with Crippen LogP contribution in [0.2, 0.25) is 0 Å². The predicted octanol–water partition coefficient (Wildman–Crippen LogP) is 4.53. The molecule has 7 nitrogen and oxygen atoms in total. The van der Waals surface area contributed by atoms with Crippen LogP contribution in [0.5, 0.6) is 0 Å². The Bertz CT molecular complexity index is 1440. The molecule has 1 N–H and O–H groups in total. The summed E-state index contributed by atoms with van der Waals surface area (Å²) in [6, 6.07) is 23.0. The molecule has 38 heavy (non-hydrogen) atoms. The van der Waals surface area contributed by atoms with Crippen LogP contribution in [0.15, 0.2) is 85.2 Å². The van der Waals surface area contributed by atoms with Gasteiger partial charge < -0.3 is 9.64 Å². The van der Waals surface area contributed by atoms with Crippen LogP contribution >= 0.6 is 0 Å². The number of anilines is 1. The lowest BCUT2D eigenvalue weighted by atomic mass is 9.97. The van der Waals surface area contributed by atoms with E-state index < -0.39 is 12.0 Å². The van der Waals surface area contributed by atoms with Crippen LogP contribution in [0.25, 0.3) is 11.1 Å². The summed E-state index contributed by atoms with van der Waals surface area (Å²) in [6.07, 6.45) is 4.61. The van der Waals surface area contributed by atoms with Gasteiger partial charge in [-0.05, 0) is 78.4 Å². The highest BCUT2D eigenvalue weighted by Crippen LogP contribution is 2.37. The number of aromatic nitrogens is 2. The van der Waals surface area contributed by atoms with Crippen molar-refractivity contribution in [1.29, 1.82) is 0 Å². The lowest BCUT2D eigenvalue weighted by Gasteiger charge is -2.26. The Balaban J connectivity index is 1.50. The molecule has 0 fully saturated rings. The number of amides is 1. The molecule has 0 unspecified atom stereocenters. The second-order valence-corrected chi connectivity index (χ2v) is 9.38. The number of pyridine rings is 2. The van der Waals surface area contributed by atoms with Crippen LogP contribution in [0, 0.1) is 6.92 Å². The van der Waals surface area contributed by atoms with E-state index in [1.807, 2.05) is 79.7 Å². The number of carbonyl (C=O) groups excluding carboxylic acids is 2.